The molecule has 0 saturated carbocycles. The van der Waals surface area contributed by atoms with Gasteiger partial charge in [-0.3, -0.25) is 0 Å². The summed E-state index contributed by atoms with van der Waals surface area (Å²) in [7, 11) is 0. The van der Waals surface area contributed by atoms with Gasteiger partial charge in [-0.05, 0) is 56.9 Å². The minimum absolute atomic E-state index is 0.429. The van der Waals surface area contributed by atoms with Gasteiger partial charge in [0.25, 0.3) is 0 Å². The maximum absolute atomic E-state index is 9.81. The Labute approximate surface area is 111 Å². The topological polar surface area (TPSA) is 20.2 Å². The lowest BCUT2D eigenvalue weighted by Gasteiger charge is -2.13. The number of hydrogen-bond donors (Lipinski definition) is 1. The zero-order valence-corrected chi connectivity index (χ0v) is 10.7. The first-order valence-corrected chi connectivity index (χ1v) is 6.59. The van der Waals surface area contributed by atoms with Gasteiger partial charge in [0, 0.05) is 0 Å². The second-order valence-electron chi connectivity index (χ2n) is 5.23. The Kier molecular flexibility index (Phi) is 2.09. The van der Waals surface area contributed by atoms with E-state index in [1.54, 1.807) is 0 Å². The van der Waals surface area contributed by atoms with E-state index in [0.29, 0.717) is 0 Å². The lowest BCUT2D eigenvalue weighted by Crippen LogP contribution is -1.92. The number of aliphatic hydroxyl groups excluding tert-OH is 1. The highest BCUT2D eigenvalue weighted by Gasteiger charge is 2.10. The van der Waals surface area contributed by atoms with Crippen molar-refractivity contribution < 1.29 is 5.11 Å². The molecule has 4 aromatic rings. The van der Waals surface area contributed by atoms with E-state index in [4.69, 9.17) is 0 Å². The Balaban J connectivity index is 2.28. The number of hydrogen-bond acceptors (Lipinski definition) is 1. The molecular weight excluding hydrogens is 232 g/mol. The van der Waals surface area contributed by atoms with Crippen molar-refractivity contribution in [2.24, 2.45) is 0 Å². The predicted octanol–water partition coefficient (Wildman–Crippen LogP) is 4.64. The SMILES string of the molecule is C[C@H](O)c1cc2ccc3cccc4ccc(c1)c2c34. The number of benzene rings is 4. The standard InChI is InChI=1S/C18H14O/c1-11(19)16-9-14-7-5-12-3-2-4-13-6-8-15(10-16)18(14)17(12)13/h2-11,19H,1H3/t11-/m0/s1. The van der Waals surface area contributed by atoms with Gasteiger partial charge in [-0.2, -0.15) is 0 Å². The van der Waals surface area contributed by atoms with Crippen molar-refractivity contribution in [3.05, 3.63) is 60.2 Å². The number of rotatable bonds is 1. The van der Waals surface area contributed by atoms with Crippen LogP contribution in [0.3, 0.4) is 0 Å². The summed E-state index contributed by atoms with van der Waals surface area (Å²) in [6.07, 6.45) is -0.429. The van der Waals surface area contributed by atoms with Gasteiger partial charge in [0.1, 0.15) is 0 Å². The highest BCUT2D eigenvalue weighted by Crippen LogP contribution is 2.35. The lowest BCUT2D eigenvalue weighted by atomic mass is 9.92. The molecule has 0 bridgehead atoms. The Hall–Kier alpha value is -2.12. The molecule has 0 saturated heterocycles. The van der Waals surface area contributed by atoms with Crippen LogP contribution < -0.4 is 0 Å². The van der Waals surface area contributed by atoms with E-state index in [1.807, 2.05) is 6.92 Å². The summed E-state index contributed by atoms with van der Waals surface area (Å²) in [6.45, 7) is 1.81. The molecule has 19 heavy (non-hydrogen) atoms. The molecule has 0 aliphatic carbocycles. The van der Waals surface area contributed by atoms with Gasteiger partial charge in [0.15, 0.2) is 0 Å². The van der Waals surface area contributed by atoms with Crippen molar-refractivity contribution in [2.45, 2.75) is 13.0 Å². The summed E-state index contributed by atoms with van der Waals surface area (Å²) < 4.78 is 0. The molecule has 4 rings (SSSR count). The van der Waals surface area contributed by atoms with E-state index in [-0.39, 0.29) is 0 Å². The largest absolute Gasteiger partial charge is 0.389 e. The highest BCUT2D eigenvalue weighted by molar-refractivity contribution is 6.23. The van der Waals surface area contributed by atoms with Crippen LogP contribution in [0, 0.1) is 0 Å². The molecule has 0 amide bonds. The summed E-state index contributed by atoms with van der Waals surface area (Å²) in [5.74, 6) is 0. The zero-order chi connectivity index (χ0) is 13.0. The minimum Gasteiger partial charge on any atom is -0.389 e. The van der Waals surface area contributed by atoms with E-state index in [0.717, 1.165) is 5.56 Å². The average molecular weight is 246 g/mol. The fourth-order valence-corrected chi connectivity index (χ4v) is 3.02. The lowest BCUT2D eigenvalue weighted by molar-refractivity contribution is 0.199. The fourth-order valence-electron chi connectivity index (χ4n) is 3.02. The van der Waals surface area contributed by atoms with Gasteiger partial charge >= 0.3 is 0 Å². The smallest absolute Gasteiger partial charge is 0.0762 e. The van der Waals surface area contributed by atoms with E-state index >= 15 is 0 Å². The molecular formula is C18H14O. The van der Waals surface area contributed by atoms with Gasteiger partial charge < -0.3 is 5.11 Å². The average Bonchev–Trinajstić information content (AvgIpc) is 2.44. The van der Waals surface area contributed by atoms with Crippen LogP contribution in [0.15, 0.2) is 54.6 Å². The van der Waals surface area contributed by atoms with E-state index < -0.39 is 6.10 Å². The molecule has 4 aromatic carbocycles. The van der Waals surface area contributed by atoms with Gasteiger partial charge in [0.05, 0.1) is 6.10 Å². The van der Waals surface area contributed by atoms with Crippen molar-refractivity contribution in [1.82, 2.24) is 0 Å². The summed E-state index contributed by atoms with van der Waals surface area (Å²) in [4.78, 5) is 0. The van der Waals surface area contributed by atoms with Gasteiger partial charge in [-0.25, -0.2) is 0 Å². The molecule has 92 valence electrons. The van der Waals surface area contributed by atoms with Crippen molar-refractivity contribution >= 4 is 32.3 Å². The van der Waals surface area contributed by atoms with Crippen LogP contribution in [0.1, 0.15) is 18.6 Å². The van der Waals surface area contributed by atoms with E-state index in [1.165, 1.54) is 32.3 Å². The normalized spacial score (nSPS) is 13.6. The molecule has 0 fully saturated rings. The van der Waals surface area contributed by atoms with Crippen LogP contribution >= 0.6 is 0 Å². The Morgan fingerprint density at radius 3 is 1.74 bits per heavy atom. The van der Waals surface area contributed by atoms with Crippen LogP contribution in [0.4, 0.5) is 0 Å². The molecule has 0 unspecified atom stereocenters. The molecule has 0 aliphatic heterocycles. The molecule has 1 nitrogen and oxygen atoms in total. The van der Waals surface area contributed by atoms with Crippen molar-refractivity contribution in [3.8, 4) is 0 Å². The zero-order valence-electron chi connectivity index (χ0n) is 10.7. The monoisotopic (exact) mass is 246 g/mol. The van der Waals surface area contributed by atoms with Crippen LogP contribution in [0.2, 0.25) is 0 Å². The van der Waals surface area contributed by atoms with Crippen molar-refractivity contribution in [1.29, 1.82) is 0 Å². The Morgan fingerprint density at radius 1 is 0.737 bits per heavy atom. The summed E-state index contributed by atoms with van der Waals surface area (Å²) in [5, 5.41) is 17.4. The summed E-state index contributed by atoms with van der Waals surface area (Å²) >= 11 is 0. The first-order valence-electron chi connectivity index (χ1n) is 6.59. The second kappa shape index (κ2) is 3.69. The van der Waals surface area contributed by atoms with Crippen LogP contribution in [-0.2, 0) is 0 Å². The van der Waals surface area contributed by atoms with Crippen molar-refractivity contribution in [3.63, 3.8) is 0 Å². The molecule has 0 heterocycles. The third-order valence-corrected chi connectivity index (χ3v) is 3.97. The third-order valence-electron chi connectivity index (χ3n) is 3.97. The van der Waals surface area contributed by atoms with Crippen molar-refractivity contribution in [2.75, 3.05) is 0 Å². The molecule has 0 spiro atoms. The van der Waals surface area contributed by atoms with Crippen LogP contribution in [0.25, 0.3) is 32.3 Å². The maximum Gasteiger partial charge on any atom is 0.0762 e. The fraction of sp³-hybridized carbons (Fsp3) is 0.111. The predicted molar refractivity (Wildman–Crippen MR) is 80.8 cm³/mol. The van der Waals surface area contributed by atoms with E-state index in [2.05, 4.69) is 54.6 Å². The van der Waals surface area contributed by atoms with Gasteiger partial charge in [-0.15, -0.1) is 0 Å². The Bertz CT molecular complexity index is 826. The molecule has 0 radical (unpaired) electrons. The maximum atomic E-state index is 9.81. The molecule has 1 N–H and O–H groups in total. The molecule has 1 atom stereocenters. The molecule has 1 heteroatoms. The molecule has 0 aliphatic rings. The highest BCUT2D eigenvalue weighted by atomic mass is 16.3. The summed E-state index contributed by atoms with van der Waals surface area (Å²) in [5.41, 5.74) is 0.978. The van der Waals surface area contributed by atoms with E-state index in [9.17, 15) is 5.11 Å². The van der Waals surface area contributed by atoms with Crippen LogP contribution in [-0.4, -0.2) is 5.11 Å². The first-order chi connectivity index (χ1) is 9.24. The van der Waals surface area contributed by atoms with Gasteiger partial charge in [-0.1, -0.05) is 42.5 Å². The summed E-state index contributed by atoms with van der Waals surface area (Å²) in [6, 6.07) is 19.2. The quantitative estimate of drug-likeness (QED) is 0.485. The Morgan fingerprint density at radius 2 is 1.21 bits per heavy atom. The third kappa shape index (κ3) is 1.45. The van der Waals surface area contributed by atoms with Gasteiger partial charge in [0.2, 0.25) is 0 Å². The van der Waals surface area contributed by atoms with Crippen LogP contribution in [0.5, 0.6) is 0 Å². The second-order valence-corrected chi connectivity index (χ2v) is 5.23. The minimum atomic E-state index is -0.429. The molecule has 0 aromatic heterocycles. The first kappa shape index (κ1) is 10.8. The number of aliphatic hydroxyl groups is 1.